The van der Waals surface area contributed by atoms with Crippen molar-refractivity contribution >= 4 is 28.1 Å². The van der Waals surface area contributed by atoms with Crippen LogP contribution in [0.1, 0.15) is 15.9 Å². The second-order valence-corrected chi connectivity index (χ2v) is 4.95. The van der Waals surface area contributed by atoms with Crippen molar-refractivity contribution in [2.45, 2.75) is 6.61 Å². The zero-order valence-electron chi connectivity index (χ0n) is 11.2. The van der Waals surface area contributed by atoms with Gasteiger partial charge in [0, 0.05) is 10.0 Å². The lowest BCUT2D eigenvalue weighted by molar-refractivity contribution is -0.0499. The molecule has 22 heavy (non-hydrogen) atoms. The molecule has 114 valence electrons. The molecule has 1 N–H and O–H groups in total. The van der Waals surface area contributed by atoms with Gasteiger partial charge in [-0.3, -0.25) is 4.79 Å². The van der Waals surface area contributed by atoms with Crippen molar-refractivity contribution in [2.75, 3.05) is 0 Å². The highest BCUT2D eigenvalue weighted by Gasteiger charge is 2.09. The van der Waals surface area contributed by atoms with Gasteiger partial charge in [-0.2, -0.15) is 13.9 Å². The Hall–Kier alpha value is -2.28. The predicted molar refractivity (Wildman–Crippen MR) is 82.3 cm³/mol. The van der Waals surface area contributed by atoms with E-state index in [0.717, 1.165) is 0 Å². The van der Waals surface area contributed by atoms with Crippen molar-refractivity contribution in [2.24, 2.45) is 5.10 Å². The van der Waals surface area contributed by atoms with E-state index in [9.17, 15) is 13.6 Å². The van der Waals surface area contributed by atoms with Crippen LogP contribution in [-0.4, -0.2) is 18.7 Å². The van der Waals surface area contributed by atoms with Crippen molar-refractivity contribution in [1.29, 1.82) is 0 Å². The number of nitrogens with one attached hydrogen (secondary N) is 1. The summed E-state index contributed by atoms with van der Waals surface area (Å²) in [6.07, 6.45) is 1.24. The Labute approximate surface area is 133 Å². The van der Waals surface area contributed by atoms with Gasteiger partial charge in [0.05, 0.1) is 11.8 Å². The summed E-state index contributed by atoms with van der Waals surface area (Å²) in [7, 11) is 0. The van der Waals surface area contributed by atoms with Crippen LogP contribution in [0.15, 0.2) is 58.1 Å². The van der Waals surface area contributed by atoms with E-state index < -0.39 is 12.5 Å². The molecule has 0 saturated carbocycles. The number of alkyl halides is 2. The lowest BCUT2D eigenvalue weighted by Crippen LogP contribution is -2.18. The molecular weight excluding hydrogens is 358 g/mol. The molecule has 2 aromatic carbocycles. The molecule has 0 aliphatic carbocycles. The first-order chi connectivity index (χ1) is 10.6. The molecule has 0 unspecified atom stereocenters. The number of hydrazone groups is 1. The first kappa shape index (κ1) is 16.1. The van der Waals surface area contributed by atoms with Gasteiger partial charge in [-0.1, -0.05) is 24.3 Å². The molecular formula is C15H11BrF2N2O2. The van der Waals surface area contributed by atoms with Crippen LogP contribution in [-0.2, 0) is 0 Å². The summed E-state index contributed by atoms with van der Waals surface area (Å²) in [5.74, 6) is -0.438. The maximum Gasteiger partial charge on any atom is 0.387 e. The number of rotatable bonds is 5. The largest absolute Gasteiger partial charge is 0.434 e. The number of hydrogen-bond acceptors (Lipinski definition) is 3. The van der Waals surface area contributed by atoms with Gasteiger partial charge < -0.3 is 4.74 Å². The standard InChI is InChI=1S/C15H11BrF2N2O2/c16-12-7-3-2-6-11(12)14(21)20-19-9-10-5-1-4-8-13(10)22-15(17)18/h1-9,15H,(H,20,21)/b19-9-. The zero-order valence-corrected chi connectivity index (χ0v) is 12.8. The van der Waals surface area contributed by atoms with Crippen molar-refractivity contribution in [3.05, 3.63) is 64.1 Å². The van der Waals surface area contributed by atoms with Crippen molar-refractivity contribution < 1.29 is 18.3 Å². The van der Waals surface area contributed by atoms with Gasteiger partial charge in [-0.05, 0) is 40.2 Å². The van der Waals surface area contributed by atoms with Crippen molar-refractivity contribution in [1.82, 2.24) is 5.43 Å². The number of para-hydroxylation sites is 1. The number of ether oxygens (including phenoxy) is 1. The molecule has 0 spiro atoms. The Bertz CT molecular complexity index is 693. The molecule has 2 aromatic rings. The van der Waals surface area contributed by atoms with E-state index in [0.29, 0.717) is 15.6 Å². The second kappa shape index (κ2) is 7.65. The van der Waals surface area contributed by atoms with E-state index in [2.05, 4.69) is 31.2 Å². The highest BCUT2D eigenvalue weighted by Crippen LogP contribution is 2.18. The molecule has 0 heterocycles. The minimum absolute atomic E-state index is 0.0172. The summed E-state index contributed by atoms with van der Waals surface area (Å²) in [5, 5.41) is 3.76. The fourth-order valence-corrected chi connectivity index (χ4v) is 2.12. The summed E-state index contributed by atoms with van der Waals surface area (Å²) in [6.45, 7) is -2.93. The fourth-order valence-electron chi connectivity index (χ4n) is 1.66. The monoisotopic (exact) mass is 368 g/mol. The minimum atomic E-state index is -2.93. The van der Waals surface area contributed by atoms with Crippen LogP contribution < -0.4 is 10.2 Å². The molecule has 0 atom stereocenters. The van der Waals surface area contributed by atoms with Crippen molar-refractivity contribution in [3.63, 3.8) is 0 Å². The average molecular weight is 369 g/mol. The molecule has 7 heteroatoms. The topological polar surface area (TPSA) is 50.7 Å². The van der Waals surface area contributed by atoms with Crippen LogP contribution in [0.3, 0.4) is 0 Å². The lowest BCUT2D eigenvalue weighted by atomic mass is 10.2. The van der Waals surface area contributed by atoms with E-state index in [-0.39, 0.29) is 5.75 Å². The SMILES string of the molecule is O=C(N/N=C\c1ccccc1OC(F)F)c1ccccc1Br. The second-order valence-electron chi connectivity index (χ2n) is 4.10. The molecule has 0 aliphatic heterocycles. The maximum absolute atomic E-state index is 12.3. The third kappa shape index (κ3) is 4.36. The lowest BCUT2D eigenvalue weighted by Gasteiger charge is -2.07. The van der Waals surface area contributed by atoms with Gasteiger partial charge in [0.1, 0.15) is 5.75 Å². The van der Waals surface area contributed by atoms with Crippen LogP contribution in [0.25, 0.3) is 0 Å². The molecule has 0 bridgehead atoms. The van der Waals surface area contributed by atoms with Crippen LogP contribution in [0.4, 0.5) is 8.78 Å². The number of carbonyl (C=O) groups is 1. The Morgan fingerprint density at radius 1 is 1.18 bits per heavy atom. The molecule has 0 saturated heterocycles. The number of halogens is 3. The van der Waals surface area contributed by atoms with Crippen LogP contribution >= 0.6 is 15.9 Å². The number of benzene rings is 2. The first-order valence-corrected chi connectivity index (χ1v) is 6.99. The predicted octanol–water partition coefficient (Wildman–Crippen LogP) is 3.81. The maximum atomic E-state index is 12.3. The third-order valence-corrected chi connectivity index (χ3v) is 3.31. The fraction of sp³-hybridized carbons (Fsp3) is 0.0667. The Kier molecular flexibility index (Phi) is 5.60. The zero-order chi connectivity index (χ0) is 15.9. The van der Waals surface area contributed by atoms with E-state index in [1.807, 2.05) is 0 Å². The number of carbonyl (C=O) groups excluding carboxylic acids is 1. The highest BCUT2D eigenvalue weighted by molar-refractivity contribution is 9.10. The molecule has 4 nitrogen and oxygen atoms in total. The van der Waals surface area contributed by atoms with Crippen LogP contribution in [0.5, 0.6) is 5.75 Å². The minimum Gasteiger partial charge on any atom is -0.434 e. The quantitative estimate of drug-likeness (QED) is 0.644. The molecule has 2 rings (SSSR count). The van der Waals surface area contributed by atoms with Gasteiger partial charge in [0.15, 0.2) is 0 Å². The molecule has 1 amide bonds. The Balaban J connectivity index is 2.07. The molecule has 0 aromatic heterocycles. The summed E-state index contributed by atoms with van der Waals surface area (Å²) < 4.78 is 29.5. The Morgan fingerprint density at radius 2 is 1.86 bits per heavy atom. The smallest absolute Gasteiger partial charge is 0.387 e. The van der Waals surface area contributed by atoms with Gasteiger partial charge >= 0.3 is 6.61 Å². The van der Waals surface area contributed by atoms with Gasteiger partial charge in [0.25, 0.3) is 5.91 Å². The molecule has 0 radical (unpaired) electrons. The number of hydrogen-bond donors (Lipinski definition) is 1. The summed E-state index contributed by atoms with van der Waals surface area (Å²) in [6, 6.07) is 13.0. The first-order valence-electron chi connectivity index (χ1n) is 6.19. The van der Waals surface area contributed by atoms with E-state index in [1.165, 1.54) is 12.3 Å². The summed E-state index contributed by atoms with van der Waals surface area (Å²) in [4.78, 5) is 11.9. The highest BCUT2D eigenvalue weighted by atomic mass is 79.9. The summed E-state index contributed by atoms with van der Waals surface area (Å²) >= 11 is 3.26. The number of amides is 1. The normalized spacial score (nSPS) is 10.9. The number of nitrogens with zero attached hydrogens (tertiary/aromatic N) is 1. The average Bonchev–Trinajstić information content (AvgIpc) is 2.49. The van der Waals surface area contributed by atoms with Gasteiger partial charge in [-0.25, -0.2) is 5.43 Å². The van der Waals surface area contributed by atoms with E-state index >= 15 is 0 Å². The summed E-state index contributed by atoms with van der Waals surface area (Å²) in [5.41, 5.74) is 3.07. The van der Waals surface area contributed by atoms with E-state index in [1.54, 1.807) is 42.5 Å². The van der Waals surface area contributed by atoms with Crippen LogP contribution in [0, 0.1) is 0 Å². The van der Waals surface area contributed by atoms with E-state index in [4.69, 9.17) is 0 Å². The third-order valence-electron chi connectivity index (χ3n) is 2.62. The van der Waals surface area contributed by atoms with Crippen LogP contribution in [0.2, 0.25) is 0 Å². The Morgan fingerprint density at radius 3 is 2.59 bits per heavy atom. The van der Waals surface area contributed by atoms with Gasteiger partial charge in [0.2, 0.25) is 0 Å². The molecule has 0 fully saturated rings. The molecule has 0 aliphatic rings. The van der Waals surface area contributed by atoms with Crippen molar-refractivity contribution in [3.8, 4) is 5.75 Å². The van der Waals surface area contributed by atoms with Gasteiger partial charge in [-0.15, -0.1) is 0 Å².